The fourth-order valence-electron chi connectivity index (χ4n) is 4.35. The van der Waals surface area contributed by atoms with E-state index in [1.54, 1.807) is 42.5 Å². The number of amides is 2. The number of imide groups is 1. The summed E-state index contributed by atoms with van der Waals surface area (Å²) in [6, 6.07) is 14.1. The van der Waals surface area contributed by atoms with Crippen LogP contribution in [0, 0.1) is 0 Å². The molecule has 0 bridgehead atoms. The van der Waals surface area contributed by atoms with E-state index in [1.165, 1.54) is 18.2 Å². The van der Waals surface area contributed by atoms with Crippen LogP contribution >= 0.6 is 23.2 Å². The van der Waals surface area contributed by atoms with E-state index in [1.807, 2.05) is 6.92 Å². The Hall–Kier alpha value is -3.31. The van der Waals surface area contributed by atoms with E-state index in [0.29, 0.717) is 35.1 Å². The molecule has 1 fully saturated rings. The van der Waals surface area contributed by atoms with Crippen LogP contribution in [0.1, 0.15) is 18.9 Å². The first kappa shape index (κ1) is 26.3. The summed E-state index contributed by atoms with van der Waals surface area (Å²) in [5.74, 6) is 0.337. The minimum atomic E-state index is -4.40. The second-order valence-electron chi connectivity index (χ2n) is 8.53. The Morgan fingerprint density at radius 2 is 1.74 bits per heavy atom. The minimum absolute atomic E-state index is 0.0472. The number of sulfonamides is 1. The van der Waals surface area contributed by atoms with Crippen LogP contribution in [0.2, 0.25) is 10.0 Å². The molecule has 5 rings (SSSR count). The number of carbonyl (C=O) groups excluding carboxylic acids is 2. The zero-order valence-corrected chi connectivity index (χ0v) is 22.4. The van der Waals surface area contributed by atoms with E-state index >= 15 is 0 Å². The molecule has 0 aliphatic carbocycles. The number of anilines is 1. The van der Waals surface area contributed by atoms with Crippen molar-refractivity contribution in [1.82, 2.24) is 4.31 Å². The van der Waals surface area contributed by atoms with Gasteiger partial charge in [0.05, 0.1) is 23.7 Å². The van der Waals surface area contributed by atoms with Gasteiger partial charge in [0.2, 0.25) is 22.7 Å². The number of hydrogen-bond donors (Lipinski definition) is 0. The molecule has 12 heteroatoms. The molecule has 0 N–H and O–H groups in total. The summed E-state index contributed by atoms with van der Waals surface area (Å²) in [7, 11) is -4.40. The van der Waals surface area contributed by atoms with E-state index in [0.717, 1.165) is 9.21 Å². The lowest BCUT2D eigenvalue weighted by atomic mass is 10.1. The molecule has 0 spiro atoms. The average Bonchev–Trinajstić information content (AvgIpc) is 3.47. The molecule has 2 heterocycles. The lowest BCUT2D eigenvalue weighted by Crippen LogP contribution is -2.45. The number of ether oxygens (including phenoxy) is 3. The number of benzene rings is 3. The van der Waals surface area contributed by atoms with Crippen LogP contribution in [-0.4, -0.2) is 44.0 Å². The quantitative estimate of drug-likeness (QED) is 0.360. The van der Waals surface area contributed by atoms with E-state index in [4.69, 9.17) is 37.4 Å². The van der Waals surface area contributed by atoms with Gasteiger partial charge in [0.15, 0.2) is 11.5 Å². The van der Waals surface area contributed by atoms with Crippen molar-refractivity contribution >= 4 is 50.7 Å². The SMILES string of the molecule is CCOc1ccc(N2C(=O)CC(N(Cc3ccc4c(c3)OCO4)S(=O)(=O)c3cc(Cl)ccc3Cl)C2=O)cc1. The number of fused-ring (bicyclic) bond motifs is 1. The molecule has 0 aromatic heterocycles. The Balaban J connectivity index is 1.54. The van der Waals surface area contributed by atoms with Gasteiger partial charge in [-0.25, -0.2) is 13.3 Å². The maximum atomic E-state index is 14.0. The van der Waals surface area contributed by atoms with Crippen molar-refractivity contribution in [2.45, 2.75) is 30.8 Å². The van der Waals surface area contributed by atoms with Crippen LogP contribution in [0.4, 0.5) is 5.69 Å². The topological polar surface area (TPSA) is 102 Å². The molecule has 1 atom stereocenters. The minimum Gasteiger partial charge on any atom is -0.494 e. The first-order valence-corrected chi connectivity index (χ1v) is 13.8. The number of rotatable bonds is 8. The molecule has 2 aliphatic rings. The molecule has 38 heavy (non-hydrogen) atoms. The van der Waals surface area contributed by atoms with Crippen molar-refractivity contribution in [3.63, 3.8) is 0 Å². The summed E-state index contributed by atoms with van der Waals surface area (Å²) in [4.78, 5) is 27.4. The van der Waals surface area contributed by atoms with Crippen LogP contribution in [0.3, 0.4) is 0 Å². The van der Waals surface area contributed by atoms with Gasteiger partial charge in [-0.3, -0.25) is 9.59 Å². The lowest BCUT2D eigenvalue weighted by molar-refractivity contribution is -0.122. The summed E-state index contributed by atoms with van der Waals surface area (Å²) in [5.41, 5.74) is 0.836. The maximum Gasteiger partial charge on any atom is 0.252 e. The van der Waals surface area contributed by atoms with Crippen LogP contribution in [0.5, 0.6) is 17.2 Å². The predicted octanol–water partition coefficient (Wildman–Crippen LogP) is 4.64. The van der Waals surface area contributed by atoms with Crippen LogP contribution in [-0.2, 0) is 26.2 Å². The van der Waals surface area contributed by atoms with Gasteiger partial charge < -0.3 is 14.2 Å². The fourth-order valence-corrected chi connectivity index (χ4v) is 6.66. The zero-order valence-electron chi connectivity index (χ0n) is 20.1. The average molecular weight is 577 g/mol. The van der Waals surface area contributed by atoms with Gasteiger partial charge in [0.1, 0.15) is 16.7 Å². The van der Waals surface area contributed by atoms with E-state index in [-0.39, 0.29) is 34.7 Å². The molecular formula is C26H22Cl2N2O7S. The van der Waals surface area contributed by atoms with E-state index in [9.17, 15) is 18.0 Å². The van der Waals surface area contributed by atoms with Gasteiger partial charge in [-0.05, 0) is 67.1 Å². The van der Waals surface area contributed by atoms with Crippen molar-refractivity contribution in [3.05, 3.63) is 76.3 Å². The van der Waals surface area contributed by atoms with Gasteiger partial charge in [-0.15, -0.1) is 0 Å². The van der Waals surface area contributed by atoms with E-state index in [2.05, 4.69) is 0 Å². The summed E-state index contributed by atoms with van der Waals surface area (Å²) in [6.45, 7) is 2.11. The molecule has 1 saturated heterocycles. The first-order valence-electron chi connectivity index (χ1n) is 11.6. The molecule has 2 amide bonds. The molecule has 3 aromatic carbocycles. The maximum absolute atomic E-state index is 14.0. The van der Waals surface area contributed by atoms with Crippen molar-refractivity contribution in [2.24, 2.45) is 0 Å². The number of carbonyl (C=O) groups is 2. The van der Waals surface area contributed by atoms with Gasteiger partial charge in [-0.1, -0.05) is 29.3 Å². The third-order valence-electron chi connectivity index (χ3n) is 6.13. The standard InChI is InChI=1S/C26H22Cl2N2O7S/c1-2-35-19-7-5-18(6-8-19)30-25(31)13-21(26(30)32)29(14-16-3-10-22-23(11-16)37-15-36-22)38(33,34)24-12-17(27)4-9-20(24)28/h3-12,21H,2,13-15H2,1H3. The Labute approximate surface area is 229 Å². The largest absolute Gasteiger partial charge is 0.494 e. The highest BCUT2D eigenvalue weighted by atomic mass is 35.5. The van der Waals surface area contributed by atoms with Crippen LogP contribution < -0.4 is 19.1 Å². The molecule has 198 valence electrons. The molecule has 9 nitrogen and oxygen atoms in total. The fraction of sp³-hybridized carbons (Fsp3) is 0.231. The first-order chi connectivity index (χ1) is 18.2. The second-order valence-corrected chi connectivity index (χ2v) is 11.2. The Morgan fingerprint density at radius 3 is 2.47 bits per heavy atom. The van der Waals surface area contributed by atoms with Crippen molar-refractivity contribution in [3.8, 4) is 17.2 Å². The Morgan fingerprint density at radius 1 is 1.00 bits per heavy atom. The number of hydrogen-bond acceptors (Lipinski definition) is 7. The Bertz CT molecular complexity index is 1510. The van der Waals surface area contributed by atoms with E-state index < -0.39 is 27.9 Å². The van der Waals surface area contributed by atoms with Gasteiger partial charge in [0.25, 0.3) is 5.91 Å². The van der Waals surface area contributed by atoms with Gasteiger partial charge in [-0.2, -0.15) is 4.31 Å². The van der Waals surface area contributed by atoms with Crippen molar-refractivity contribution < 1.29 is 32.2 Å². The second kappa shape index (κ2) is 10.5. The molecular weight excluding hydrogens is 555 g/mol. The van der Waals surface area contributed by atoms with Crippen LogP contribution in [0.15, 0.2) is 65.6 Å². The van der Waals surface area contributed by atoms with Crippen LogP contribution in [0.25, 0.3) is 0 Å². The summed E-state index contributed by atoms with van der Waals surface area (Å²) < 4.78 is 45.1. The summed E-state index contributed by atoms with van der Waals surface area (Å²) in [5, 5.41) is 0.0890. The summed E-state index contributed by atoms with van der Waals surface area (Å²) in [6.07, 6.45) is -0.353. The monoisotopic (exact) mass is 576 g/mol. The van der Waals surface area contributed by atoms with Crippen molar-refractivity contribution in [1.29, 1.82) is 0 Å². The number of nitrogens with zero attached hydrogens (tertiary/aromatic N) is 2. The van der Waals surface area contributed by atoms with Gasteiger partial charge >= 0.3 is 0 Å². The third kappa shape index (κ3) is 4.92. The highest BCUT2D eigenvalue weighted by Crippen LogP contribution is 2.37. The highest BCUT2D eigenvalue weighted by molar-refractivity contribution is 7.89. The van der Waals surface area contributed by atoms with Gasteiger partial charge in [0, 0.05) is 11.6 Å². The lowest BCUT2D eigenvalue weighted by Gasteiger charge is -2.27. The molecule has 3 aromatic rings. The van der Waals surface area contributed by atoms with Crippen molar-refractivity contribution in [2.75, 3.05) is 18.3 Å². The Kier molecular flexibility index (Phi) is 7.23. The normalized spacial score (nSPS) is 16.9. The third-order valence-corrected chi connectivity index (χ3v) is 8.70. The molecule has 0 radical (unpaired) electrons. The highest BCUT2D eigenvalue weighted by Gasteiger charge is 2.47. The molecule has 0 saturated carbocycles. The predicted molar refractivity (Wildman–Crippen MR) is 140 cm³/mol. The molecule has 2 aliphatic heterocycles. The zero-order chi connectivity index (χ0) is 27.0. The molecule has 1 unspecified atom stereocenters. The smallest absolute Gasteiger partial charge is 0.252 e. The number of halogens is 2. The summed E-state index contributed by atoms with van der Waals surface area (Å²) >= 11 is 12.4.